The predicted molar refractivity (Wildman–Crippen MR) is 96.3 cm³/mol. The van der Waals surface area contributed by atoms with Crippen LogP contribution in [0.5, 0.6) is 5.75 Å². The number of benzene rings is 1. The van der Waals surface area contributed by atoms with Crippen LogP contribution >= 0.6 is 11.6 Å². The molecule has 0 aliphatic rings. The van der Waals surface area contributed by atoms with Gasteiger partial charge in [0.2, 0.25) is 0 Å². The van der Waals surface area contributed by atoms with Gasteiger partial charge in [-0.1, -0.05) is 23.7 Å². The summed E-state index contributed by atoms with van der Waals surface area (Å²) < 4.78 is 17.9. The highest BCUT2D eigenvalue weighted by Crippen LogP contribution is 2.24. The van der Waals surface area contributed by atoms with Crippen molar-refractivity contribution >= 4 is 23.2 Å². The molecule has 136 valence electrons. The van der Waals surface area contributed by atoms with Crippen molar-refractivity contribution in [2.75, 3.05) is 11.9 Å². The Kier molecular flexibility index (Phi) is 5.93. The van der Waals surface area contributed by atoms with E-state index in [1.165, 1.54) is 0 Å². The Balaban J connectivity index is 1.56. The number of amides is 1. The highest BCUT2D eigenvalue weighted by molar-refractivity contribution is 6.32. The van der Waals surface area contributed by atoms with Crippen LogP contribution in [0.1, 0.15) is 23.2 Å². The van der Waals surface area contributed by atoms with E-state index in [1.54, 1.807) is 41.3 Å². The van der Waals surface area contributed by atoms with E-state index in [9.17, 15) is 4.79 Å². The summed E-state index contributed by atoms with van der Waals surface area (Å²) in [7, 11) is 0. The first-order chi connectivity index (χ1) is 12.7. The number of anilines is 1. The third-order valence-electron chi connectivity index (χ3n) is 3.41. The Bertz CT molecular complexity index is 875. The topological polar surface area (TPSA) is 78.5 Å². The number of nitrogens with one attached hydrogen (secondary N) is 1. The standard InChI is InChI=1S/C18H18ClN3O4/c1-2-24-12-22-10-13(9-20-22)21-18(23)17-8-7-14(26-17)11-25-16-6-4-3-5-15(16)19/h3-10H,2,11-12H2,1H3,(H,21,23). The summed E-state index contributed by atoms with van der Waals surface area (Å²) in [5.74, 6) is 0.880. The number of aromatic nitrogens is 2. The van der Waals surface area contributed by atoms with Gasteiger partial charge in [0.05, 0.1) is 23.1 Å². The first kappa shape index (κ1) is 18.0. The van der Waals surface area contributed by atoms with Crippen LogP contribution in [0, 0.1) is 0 Å². The van der Waals surface area contributed by atoms with Crippen LogP contribution in [0.15, 0.2) is 53.2 Å². The summed E-state index contributed by atoms with van der Waals surface area (Å²) >= 11 is 6.03. The van der Waals surface area contributed by atoms with E-state index in [0.717, 1.165) is 0 Å². The molecule has 0 aliphatic carbocycles. The van der Waals surface area contributed by atoms with E-state index < -0.39 is 0 Å². The van der Waals surface area contributed by atoms with Gasteiger partial charge in [0, 0.05) is 6.61 Å². The van der Waals surface area contributed by atoms with E-state index in [0.29, 0.717) is 35.6 Å². The number of furan rings is 1. The molecular formula is C18H18ClN3O4. The number of carbonyl (C=O) groups is 1. The smallest absolute Gasteiger partial charge is 0.291 e. The number of nitrogens with zero attached hydrogens (tertiary/aromatic N) is 2. The predicted octanol–water partition coefficient (Wildman–Crippen LogP) is 3.95. The average Bonchev–Trinajstić information content (AvgIpc) is 3.29. The molecular weight excluding hydrogens is 358 g/mol. The second kappa shape index (κ2) is 8.55. The average molecular weight is 376 g/mol. The zero-order valence-electron chi connectivity index (χ0n) is 14.1. The molecule has 3 aromatic rings. The van der Waals surface area contributed by atoms with Crippen LogP contribution in [-0.4, -0.2) is 22.3 Å². The maximum Gasteiger partial charge on any atom is 0.291 e. The lowest BCUT2D eigenvalue weighted by molar-refractivity contribution is 0.0792. The monoisotopic (exact) mass is 375 g/mol. The molecule has 0 fully saturated rings. The lowest BCUT2D eigenvalue weighted by Gasteiger charge is -2.05. The molecule has 2 aromatic heterocycles. The lowest BCUT2D eigenvalue weighted by Crippen LogP contribution is -2.10. The van der Waals surface area contributed by atoms with E-state index >= 15 is 0 Å². The highest BCUT2D eigenvalue weighted by Gasteiger charge is 2.13. The zero-order chi connectivity index (χ0) is 18.4. The van der Waals surface area contributed by atoms with Gasteiger partial charge in [-0.3, -0.25) is 4.79 Å². The molecule has 1 N–H and O–H groups in total. The van der Waals surface area contributed by atoms with Crippen LogP contribution in [-0.2, 0) is 18.1 Å². The molecule has 7 nitrogen and oxygen atoms in total. The van der Waals surface area contributed by atoms with Crippen LogP contribution in [0.2, 0.25) is 5.02 Å². The molecule has 0 atom stereocenters. The molecule has 3 rings (SSSR count). The van der Waals surface area contributed by atoms with Crippen molar-refractivity contribution in [2.24, 2.45) is 0 Å². The quantitative estimate of drug-likeness (QED) is 0.644. The molecule has 8 heteroatoms. The van der Waals surface area contributed by atoms with Crippen molar-refractivity contribution in [2.45, 2.75) is 20.3 Å². The summed E-state index contributed by atoms with van der Waals surface area (Å²) in [6.45, 7) is 2.99. The van der Waals surface area contributed by atoms with Crippen molar-refractivity contribution < 1.29 is 18.7 Å². The number of para-hydroxylation sites is 1. The largest absolute Gasteiger partial charge is 0.484 e. The Morgan fingerprint density at radius 2 is 2.15 bits per heavy atom. The van der Waals surface area contributed by atoms with E-state index in [4.69, 9.17) is 25.5 Å². The minimum absolute atomic E-state index is 0.170. The fourth-order valence-electron chi connectivity index (χ4n) is 2.16. The summed E-state index contributed by atoms with van der Waals surface area (Å²) in [6.07, 6.45) is 3.22. The Labute approximate surface area is 155 Å². The second-order valence-corrected chi connectivity index (χ2v) is 5.74. The molecule has 26 heavy (non-hydrogen) atoms. The number of hydrogen-bond acceptors (Lipinski definition) is 5. The molecule has 1 aromatic carbocycles. The van der Waals surface area contributed by atoms with Crippen LogP contribution in [0.3, 0.4) is 0 Å². The summed E-state index contributed by atoms with van der Waals surface area (Å²) in [4.78, 5) is 12.2. The Morgan fingerprint density at radius 3 is 2.96 bits per heavy atom. The molecule has 2 heterocycles. The molecule has 0 unspecified atom stereocenters. The van der Waals surface area contributed by atoms with E-state index in [1.807, 2.05) is 19.1 Å². The highest BCUT2D eigenvalue weighted by atomic mass is 35.5. The molecule has 1 amide bonds. The van der Waals surface area contributed by atoms with Gasteiger partial charge in [-0.05, 0) is 31.2 Å². The van der Waals surface area contributed by atoms with Gasteiger partial charge in [-0.25, -0.2) is 4.68 Å². The minimum Gasteiger partial charge on any atom is -0.484 e. The van der Waals surface area contributed by atoms with Gasteiger partial charge < -0.3 is 19.2 Å². The number of ether oxygens (including phenoxy) is 2. The number of carbonyl (C=O) groups excluding carboxylic acids is 1. The number of hydrogen-bond donors (Lipinski definition) is 1. The van der Waals surface area contributed by atoms with Crippen LogP contribution in [0.25, 0.3) is 0 Å². The van der Waals surface area contributed by atoms with Gasteiger partial charge in [-0.15, -0.1) is 0 Å². The zero-order valence-corrected chi connectivity index (χ0v) is 14.9. The maximum absolute atomic E-state index is 12.2. The molecule has 0 aliphatic heterocycles. The van der Waals surface area contributed by atoms with Gasteiger partial charge in [0.15, 0.2) is 5.76 Å². The molecule has 0 saturated heterocycles. The molecule has 0 bridgehead atoms. The second-order valence-electron chi connectivity index (χ2n) is 5.33. The first-order valence-corrected chi connectivity index (χ1v) is 8.41. The van der Waals surface area contributed by atoms with Crippen molar-refractivity contribution in [1.29, 1.82) is 0 Å². The van der Waals surface area contributed by atoms with E-state index in [2.05, 4.69) is 10.4 Å². The Hall–Kier alpha value is -2.77. The first-order valence-electron chi connectivity index (χ1n) is 8.03. The van der Waals surface area contributed by atoms with Gasteiger partial charge in [0.25, 0.3) is 5.91 Å². The molecule has 0 saturated carbocycles. The number of rotatable bonds is 8. The Morgan fingerprint density at radius 1 is 1.31 bits per heavy atom. The van der Waals surface area contributed by atoms with E-state index in [-0.39, 0.29) is 18.3 Å². The lowest BCUT2D eigenvalue weighted by atomic mass is 10.3. The maximum atomic E-state index is 12.2. The van der Waals surface area contributed by atoms with Gasteiger partial charge in [0.1, 0.15) is 24.8 Å². The third kappa shape index (κ3) is 4.65. The fourth-order valence-corrected chi connectivity index (χ4v) is 2.35. The summed E-state index contributed by atoms with van der Waals surface area (Å²) in [5, 5.41) is 7.32. The molecule has 0 radical (unpaired) electrons. The normalized spacial score (nSPS) is 10.7. The van der Waals surface area contributed by atoms with Gasteiger partial charge in [-0.2, -0.15) is 5.10 Å². The molecule has 0 spiro atoms. The fraction of sp³-hybridized carbons (Fsp3) is 0.222. The van der Waals surface area contributed by atoms with Crippen molar-refractivity contribution in [3.63, 3.8) is 0 Å². The minimum atomic E-state index is -0.370. The SMILES string of the molecule is CCOCn1cc(NC(=O)c2ccc(COc3ccccc3Cl)o2)cn1. The number of halogens is 1. The van der Waals surface area contributed by atoms with Crippen molar-refractivity contribution in [3.05, 3.63) is 65.3 Å². The van der Waals surface area contributed by atoms with Crippen LogP contribution < -0.4 is 10.1 Å². The van der Waals surface area contributed by atoms with Gasteiger partial charge >= 0.3 is 0 Å². The van der Waals surface area contributed by atoms with Crippen molar-refractivity contribution in [1.82, 2.24) is 9.78 Å². The summed E-state index contributed by atoms with van der Waals surface area (Å²) in [5.41, 5.74) is 0.556. The summed E-state index contributed by atoms with van der Waals surface area (Å²) in [6, 6.07) is 10.4. The van der Waals surface area contributed by atoms with Crippen molar-refractivity contribution in [3.8, 4) is 5.75 Å². The third-order valence-corrected chi connectivity index (χ3v) is 3.72. The van der Waals surface area contributed by atoms with Crippen LogP contribution in [0.4, 0.5) is 5.69 Å².